The monoisotopic (exact) mass is 1010 g/mol. The Morgan fingerprint density at radius 2 is 1.42 bits per heavy atom. The molecular weight excluding hydrogens is 938 g/mol. The SMILES string of the molecule is [2H]c1nc(-c2[c-]c(-c3cccc4c3nc(-c3cc(C(C)C)cc(C(C)C)c3O)n4-c3ccc(-c4ccccc4)cc3C(C)(C)C)cc(C(C)(C)C)c2)c([2H])c(-c2c([2H])c([2H])c(C([2H])([2H])[2H])c([2H])c2[2H])c1[2H].[Pt]. The summed E-state index contributed by atoms with van der Waals surface area (Å²) in [7, 11) is 0. The molecule has 318 valence electrons. The molecule has 0 fully saturated rings. The van der Waals surface area contributed by atoms with Crippen LogP contribution in [0.1, 0.15) is 123 Å². The van der Waals surface area contributed by atoms with Crippen LogP contribution in [0.2, 0.25) is 0 Å². The number of rotatable bonds is 8. The third-order valence-corrected chi connectivity index (χ3v) is 11.3. The maximum absolute atomic E-state index is 12.3. The second-order valence-corrected chi connectivity index (χ2v) is 18.5. The van der Waals surface area contributed by atoms with Crippen LogP contribution in [0.3, 0.4) is 0 Å². The second kappa shape index (κ2) is 17.3. The second-order valence-electron chi connectivity index (χ2n) is 18.5. The number of pyridine rings is 1. The van der Waals surface area contributed by atoms with Crippen LogP contribution in [0.25, 0.3) is 72.7 Å². The minimum absolute atomic E-state index is 0. The largest absolute Gasteiger partial charge is 0.507 e. The normalized spacial score (nSPS) is 14.5. The molecular formula is C57H58N3OPt-. The molecule has 0 aliphatic heterocycles. The molecule has 8 aromatic rings. The van der Waals surface area contributed by atoms with Crippen molar-refractivity contribution in [3.05, 3.63) is 167 Å². The number of phenols is 1. The van der Waals surface area contributed by atoms with E-state index >= 15 is 0 Å². The smallest absolute Gasteiger partial charge is 0.148 e. The Hall–Kier alpha value is -5.57. The zero-order valence-corrected chi connectivity index (χ0v) is 39.2. The molecule has 0 saturated carbocycles. The summed E-state index contributed by atoms with van der Waals surface area (Å²) in [5, 5.41) is 12.3. The fourth-order valence-corrected chi connectivity index (χ4v) is 7.79. The van der Waals surface area contributed by atoms with Crippen molar-refractivity contribution >= 4 is 11.0 Å². The van der Waals surface area contributed by atoms with E-state index in [2.05, 4.69) is 100 Å². The Labute approximate surface area is 397 Å². The Balaban J connectivity index is 0.00000760. The first-order valence-electron chi connectivity index (χ1n) is 25.9. The number of aromatic nitrogens is 3. The third-order valence-electron chi connectivity index (χ3n) is 11.3. The quantitative estimate of drug-likeness (QED) is 0.154. The molecule has 2 heterocycles. The molecule has 0 saturated heterocycles. The number of fused-ring (bicyclic) bond motifs is 1. The first kappa shape index (κ1) is 33.0. The van der Waals surface area contributed by atoms with Gasteiger partial charge in [0, 0.05) is 37.0 Å². The van der Waals surface area contributed by atoms with Crippen molar-refractivity contribution in [1.29, 1.82) is 0 Å². The molecule has 0 unspecified atom stereocenters. The summed E-state index contributed by atoms with van der Waals surface area (Å²) < 4.78 is 88.1. The van der Waals surface area contributed by atoms with Gasteiger partial charge in [0.25, 0.3) is 0 Å². The number of nitrogens with zero attached hydrogens (tertiary/aromatic N) is 3. The van der Waals surface area contributed by atoms with Crippen LogP contribution >= 0.6 is 0 Å². The Morgan fingerprint density at radius 1 is 0.694 bits per heavy atom. The van der Waals surface area contributed by atoms with Crippen molar-refractivity contribution in [2.45, 2.75) is 98.8 Å². The van der Waals surface area contributed by atoms with E-state index in [-0.39, 0.29) is 60.9 Å². The van der Waals surface area contributed by atoms with E-state index in [4.69, 9.17) is 17.3 Å². The van der Waals surface area contributed by atoms with Gasteiger partial charge in [0.1, 0.15) is 11.6 Å². The molecule has 8 rings (SSSR count). The maximum atomic E-state index is 12.3. The minimum Gasteiger partial charge on any atom is -0.507 e. The van der Waals surface area contributed by atoms with Crippen molar-refractivity contribution in [2.75, 3.05) is 0 Å². The predicted octanol–water partition coefficient (Wildman–Crippen LogP) is 15.4. The van der Waals surface area contributed by atoms with Gasteiger partial charge in [0.15, 0.2) is 0 Å². The number of imidazole rings is 1. The van der Waals surface area contributed by atoms with Gasteiger partial charge >= 0.3 is 0 Å². The topological polar surface area (TPSA) is 50.9 Å². The van der Waals surface area contributed by atoms with Gasteiger partial charge in [0.05, 0.1) is 31.9 Å². The van der Waals surface area contributed by atoms with Crippen molar-refractivity contribution in [1.82, 2.24) is 14.5 Å². The van der Waals surface area contributed by atoms with Gasteiger partial charge in [-0.3, -0.25) is 9.55 Å². The molecule has 62 heavy (non-hydrogen) atoms. The van der Waals surface area contributed by atoms with Crippen molar-refractivity contribution in [3.8, 4) is 67.5 Å². The van der Waals surface area contributed by atoms with E-state index in [1.54, 1.807) is 6.07 Å². The van der Waals surface area contributed by atoms with E-state index in [9.17, 15) is 6.48 Å². The molecule has 2 aromatic heterocycles. The van der Waals surface area contributed by atoms with E-state index in [1.165, 1.54) is 0 Å². The van der Waals surface area contributed by atoms with Crippen LogP contribution in [-0.2, 0) is 31.9 Å². The molecule has 4 nitrogen and oxygen atoms in total. The summed E-state index contributed by atoms with van der Waals surface area (Å²) in [6.07, 6.45) is -0.582. The van der Waals surface area contributed by atoms with Crippen molar-refractivity contribution in [3.63, 3.8) is 0 Å². The van der Waals surface area contributed by atoms with Gasteiger partial charge in [-0.25, -0.2) is 4.98 Å². The summed E-state index contributed by atoms with van der Waals surface area (Å²) in [6, 6.07) is 29.9. The van der Waals surface area contributed by atoms with Gasteiger partial charge < -0.3 is 5.11 Å². The summed E-state index contributed by atoms with van der Waals surface area (Å²) in [6.45, 7) is 18.1. The summed E-state index contributed by atoms with van der Waals surface area (Å²) in [5.41, 5.74) is 7.65. The number of hydrogen-bond acceptors (Lipinski definition) is 3. The summed E-state index contributed by atoms with van der Waals surface area (Å²) in [5.74, 6) is 0.831. The molecule has 5 heteroatoms. The molecule has 6 aromatic carbocycles. The van der Waals surface area contributed by atoms with E-state index < -0.39 is 65.8 Å². The average molecular weight is 1010 g/mol. The average Bonchev–Trinajstić information content (AvgIpc) is 3.69. The van der Waals surface area contributed by atoms with E-state index in [0.717, 1.165) is 44.6 Å². The Kier molecular flexibility index (Phi) is 9.22. The Bertz CT molecular complexity index is 3390. The van der Waals surface area contributed by atoms with Gasteiger partial charge in [0.2, 0.25) is 0 Å². The van der Waals surface area contributed by atoms with Crippen LogP contribution in [0.5, 0.6) is 5.75 Å². The molecule has 0 atom stereocenters. The van der Waals surface area contributed by atoms with Crippen LogP contribution in [0.15, 0.2) is 133 Å². The van der Waals surface area contributed by atoms with Crippen molar-refractivity contribution < 1.29 is 39.9 Å². The van der Waals surface area contributed by atoms with Crippen molar-refractivity contribution in [2.24, 2.45) is 0 Å². The first-order chi connectivity index (χ1) is 33.1. The molecule has 0 aliphatic rings. The molecule has 0 bridgehead atoms. The number of para-hydroxylation sites is 1. The molecule has 0 amide bonds. The standard InChI is InChI=1S/C57H58N3O.Pt/c1-35(2)42-31-47(36(3)4)54(61)48(32-42)55-59-53-46(18-15-19-52(53)60(55)51-25-24-40(33-49(51)57(9,10)11)38-16-13-12-14-17-38)43-28-44(30-45(29-43)56(6,7)8)50-34-41(26-27-58-50)39-22-20-37(5)21-23-39;/h12-27,29-36,61H,1-11H3;/q-1;/i5D3,20D,21D,22D,23D,26D,27D,34D;. The summed E-state index contributed by atoms with van der Waals surface area (Å²) in [4.78, 5) is 9.94. The number of benzene rings is 6. The fourth-order valence-electron chi connectivity index (χ4n) is 7.79. The summed E-state index contributed by atoms with van der Waals surface area (Å²) >= 11 is 0. The van der Waals surface area contributed by atoms with Gasteiger partial charge in [-0.2, -0.15) is 0 Å². The zero-order valence-electron chi connectivity index (χ0n) is 46.9. The minimum atomic E-state index is -2.97. The first-order valence-corrected chi connectivity index (χ1v) is 20.9. The maximum Gasteiger partial charge on any atom is 0.148 e. The van der Waals surface area contributed by atoms with Gasteiger partial charge in [-0.1, -0.05) is 171 Å². The molecule has 1 N–H and O–H groups in total. The van der Waals surface area contributed by atoms with Crippen LogP contribution < -0.4 is 0 Å². The number of aromatic hydroxyl groups is 1. The third kappa shape index (κ3) is 8.73. The van der Waals surface area contributed by atoms with Gasteiger partial charge in [-0.05, 0) is 98.8 Å². The van der Waals surface area contributed by atoms with E-state index in [0.29, 0.717) is 28.0 Å². The van der Waals surface area contributed by atoms with Crippen LogP contribution in [0, 0.1) is 12.9 Å². The predicted molar refractivity (Wildman–Crippen MR) is 257 cm³/mol. The van der Waals surface area contributed by atoms with Gasteiger partial charge in [-0.15, -0.1) is 29.3 Å². The zero-order chi connectivity index (χ0) is 52.0. The number of phenolic OH excluding ortho intramolecular Hbond substituents is 1. The van der Waals surface area contributed by atoms with Crippen LogP contribution in [-0.4, -0.2) is 19.6 Å². The molecule has 0 aliphatic carbocycles. The number of hydrogen-bond donors (Lipinski definition) is 1. The fraction of sp³-hybridized carbons (Fsp3) is 0.263. The van der Waals surface area contributed by atoms with E-state index in [1.807, 2.05) is 69.3 Å². The Morgan fingerprint density at radius 3 is 2.08 bits per heavy atom. The molecule has 0 spiro atoms. The van der Waals surface area contributed by atoms with Crippen LogP contribution in [0.4, 0.5) is 0 Å². The molecule has 0 radical (unpaired) electrons.